The number of fused-ring (bicyclic) bond motifs is 1. The van der Waals surface area contributed by atoms with Gasteiger partial charge in [-0.15, -0.1) is 5.10 Å². The summed E-state index contributed by atoms with van der Waals surface area (Å²) in [5.41, 5.74) is 5.15. The second-order valence-electron chi connectivity index (χ2n) is 5.01. The largest absolute Gasteiger partial charge is 0.272 e. The van der Waals surface area contributed by atoms with Gasteiger partial charge in [-0.3, -0.25) is 9.78 Å². The molecular weight excluding hydrogens is 326 g/mol. The topological polar surface area (TPSA) is 97.4 Å². The lowest BCUT2D eigenvalue weighted by Gasteiger charge is -1.97. The molecule has 1 N–H and O–H groups in total. The summed E-state index contributed by atoms with van der Waals surface area (Å²) >= 11 is 1.24. The molecule has 8 nitrogen and oxygen atoms in total. The van der Waals surface area contributed by atoms with Gasteiger partial charge >= 0.3 is 0 Å². The Bertz CT molecular complexity index is 891. The maximum Gasteiger partial charge on any atom is 0.253 e. The molecule has 0 aliphatic heterocycles. The Hall–Kier alpha value is -2.81. The summed E-state index contributed by atoms with van der Waals surface area (Å²) in [5, 5.41) is 8.74. The van der Waals surface area contributed by atoms with Crippen LogP contribution in [0.15, 0.2) is 40.9 Å². The van der Waals surface area contributed by atoms with Crippen LogP contribution in [-0.4, -0.2) is 42.4 Å². The Kier molecular flexibility index (Phi) is 4.80. The van der Waals surface area contributed by atoms with Gasteiger partial charge in [-0.2, -0.15) is 10.1 Å². The number of hydrogen-bond acceptors (Lipinski definition) is 7. The number of carbonyl (C=O) groups is 1. The van der Waals surface area contributed by atoms with Gasteiger partial charge in [0, 0.05) is 23.8 Å². The first-order valence-electron chi connectivity index (χ1n) is 7.17. The molecule has 0 bridgehead atoms. The number of thioether (sulfide) groups is 1. The Morgan fingerprint density at radius 1 is 1.33 bits per heavy atom. The SMILES string of the molecule is Cc1cc(C)n2nc(SCC(=O)N/N=C/c3ccncc3)nc2n1. The van der Waals surface area contributed by atoms with E-state index in [9.17, 15) is 4.79 Å². The van der Waals surface area contributed by atoms with Gasteiger partial charge in [0.1, 0.15) is 0 Å². The van der Waals surface area contributed by atoms with Crippen molar-refractivity contribution in [2.24, 2.45) is 5.10 Å². The molecule has 0 atom stereocenters. The van der Waals surface area contributed by atoms with Crippen LogP contribution >= 0.6 is 11.8 Å². The summed E-state index contributed by atoms with van der Waals surface area (Å²) in [6.45, 7) is 3.84. The van der Waals surface area contributed by atoms with E-state index in [4.69, 9.17) is 0 Å². The predicted octanol–water partition coefficient (Wildman–Crippen LogP) is 1.38. The third-order valence-electron chi connectivity index (χ3n) is 3.04. The first-order valence-corrected chi connectivity index (χ1v) is 8.16. The number of pyridine rings is 1. The number of nitrogens with zero attached hydrogens (tertiary/aromatic N) is 6. The molecule has 0 saturated heterocycles. The van der Waals surface area contributed by atoms with Crippen LogP contribution in [0.1, 0.15) is 17.0 Å². The van der Waals surface area contributed by atoms with Gasteiger partial charge in [-0.1, -0.05) is 11.8 Å². The molecule has 0 fully saturated rings. The second-order valence-corrected chi connectivity index (χ2v) is 5.95. The van der Waals surface area contributed by atoms with Crippen molar-refractivity contribution >= 4 is 29.7 Å². The van der Waals surface area contributed by atoms with E-state index in [1.54, 1.807) is 35.3 Å². The highest BCUT2D eigenvalue weighted by Gasteiger charge is 2.10. The minimum atomic E-state index is -0.231. The highest BCUT2D eigenvalue weighted by Crippen LogP contribution is 2.14. The van der Waals surface area contributed by atoms with Gasteiger partial charge in [0.2, 0.25) is 5.16 Å². The second kappa shape index (κ2) is 7.18. The molecule has 0 spiro atoms. The van der Waals surface area contributed by atoms with E-state index in [2.05, 4.69) is 30.6 Å². The Balaban J connectivity index is 1.56. The third-order valence-corrected chi connectivity index (χ3v) is 3.88. The summed E-state index contributed by atoms with van der Waals surface area (Å²) in [7, 11) is 0. The van der Waals surface area contributed by atoms with Crippen molar-refractivity contribution in [3.8, 4) is 0 Å². The molecule has 3 rings (SSSR count). The summed E-state index contributed by atoms with van der Waals surface area (Å²) in [6.07, 6.45) is 4.88. The lowest BCUT2D eigenvalue weighted by molar-refractivity contribution is -0.118. The summed E-state index contributed by atoms with van der Waals surface area (Å²) in [5.74, 6) is 0.471. The summed E-state index contributed by atoms with van der Waals surface area (Å²) < 4.78 is 1.66. The van der Waals surface area contributed by atoms with Crippen molar-refractivity contribution in [2.45, 2.75) is 19.0 Å². The molecule has 9 heteroatoms. The first-order chi connectivity index (χ1) is 11.6. The molecule has 3 aromatic heterocycles. The van der Waals surface area contributed by atoms with Gasteiger partial charge in [0.25, 0.3) is 11.7 Å². The molecule has 24 heavy (non-hydrogen) atoms. The van der Waals surface area contributed by atoms with E-state index in [0.29, 0.717) is 10.9 Å². The van der Waals surface area contributed by atoms with E-state index in [1.165, 1.54) is 11.8 Å². The normalized spacial score (nSPS) is 11.2. The lowest BCUT2D eigenvalue weighted by atomic mass is 10.3. The predicted molar refractivity (Wildman–Crippen MR) is 91.0 cm³/mol. The molecule has 0 aliphatic carbocycles. The zero-order chi connectivity index (χ0) is 16.9. The van der Waals surface area contributed by atoms with E-state index in [1.807, 2.05) is 19.9 Å². The fraction of sp³-hybridized carbons (Fsp3) is 0.200. The van der Waals surface area contributed by atoms with Crippen LogP contribution < -0.4 is 5.43 Å². The molecule has 0 saturated carbocycles. The fourth-order valence-corrected chi connectivity index (χ4v) is 2.61. The molecule has 3 heterocycles. The van der Waals surface area contributed by atoms with Crippen LogP contribution in [0.5, 0.6) is 0 Å². The van der Waals surface area contributed by atoms with E-state index in [0.717, 1.165) is 17.0 Å². The Labute approximate surface area is 142 Å². The highest BCUT2D eigenvalue weighted by molar-refractivity contribution is 7.99. The number of hydrazone groups is 1. The van der Waals surface area contributed by atoms with Crippen LogP contribution in [0, 0.1) is 13.8 Å². The Morgan fingerprint density at radius 3 is 2.92 bits per heavy atom. The molecule has 0 radical (unpaired) electrons. The van der Waals surface area contributed by atoms with Crippen LogP contribution in [0.3, 0.4) is 0 Å². The van der Waals surface area contributed by atoms with E-state index in [-0.39, 0.29) is 11.7 Å². The molecule has 0 aliphatic rings. The standard InChI is InChI=1S/C15H15N7OS/c1-10-7-11(2)22-14(18-10)19-15(21-22)24-9-13(23)20-17-8-12-3-5-16-6-4-12/h3-8H,9H2,1-2H3,(H,20,23)/b17-8+. The monoisotopic (exact) mass is 341 g/mol. The first kappa shape index (κ1) is 16.1. The third kappa shape index (κ3) is 3.93. The van der Waals surface area contributed by atoms with Crippen molar-refractivity contribution in [2.75, 3.05) is 5.75 Å². The summed E-state index contributed by atoms with van der Waals surface area (Å²) in [6, 6.07) is 5.52. The minimum Gasteiger partial charge on any atom is -0.272 e. The Morgan fingerprint density at radius 2 is 2.12 bits per heavy atom. The van der Waals surface area contributed by atoms with Gasteiger partial charge in [-0.05, 0) is 37.6 Å². The van der Waals surface area contributed by atoms with Gasteiger partial charge in [0.15, 0.2) is 0 Å². The van der Waals surface area contributed by atoms with E-state index >= 15 is 0 Å². The van der Waals surface area contributed by atoms with Crippen molar-refractivity contribution < 1.29 is 4.79 Å². The van der Waals surface area contributed by atoms with Crippen LogP contribution in [0.4, 0.5) is 0 Å². The average molecular weight is 341 g/mol. The number of nitrogens with one attached hydrogen (secondary N) is 1. The number of rotatable bonds is 5. The lowest BCUT2D eigenvalue weighted by Crippen LogP contribution is -2.19. The van der Waals surface area contributed by atoms with Gasteiger partial charge in [-0.25, -0.2) is 14.9 Å². The van der Waals surface area contributed by atoms with Crippen LogP contribution in [-0.2, 0) is 4.79 Å². The number of carbonyl (C=O) groups excluding carboxylic acids is 1. The highest BCUT2D eigenvalue weighted by atomic mass is 32.2. The molecule has 3 aromatic rings. The van der Waals surface area contributed by atoms with Crippen LogP contribution in [0.2, 0.25) is 0 Å². The van der Waals surface area contributed by atoms with Gasteiger partial charge in [0.05, 0.1) is 12.0 Å². The molecule has 1 amide bonds. The zero-order valence-corrected chi connectivity index (χ0v) is 14.0. The maximum atomic E-state index is 11.8. The van der Waals surface area contributed by atoms with Crippen LogP contribution in [0.25, 0.3) is 5.78 Å². The van der Waals surface area contributed by atoms with Crippen molar-refractivity contribution in [3.63, 3.8) is 0 Å². The average Bonchev–Trinajstić information content (AvgIpc) is 2.97. The number of hydrogen-bond donors (Lipinski definition) is 1. The number of aromatic nitrogens is 5. The van der Waals surface area contributed by atoms with Crippen molar-refractivity contribution in [1.82, 2.24) is 30.0 Å². The van der Waals surface area contributed by atoms with Crippen molar-refractivity contribution in [3.05, 3.63) is 47.5 Å². The quantitative estimate of drug-likeness (QED) is 0.428. The van der Waals surface area contributed by atoms with E-state index < -0.39 is 0 Å². The smallest absolute Gasteiger partial charge is 0.253 e. The zero-order valence-electron chi connectivity index (χ0n) is 13.2. The maximum absolute atomic E-state index is 11.8. The molecular formula is C15H15N7OS. The number of amides is 1. The minimum absolute atomic E-state index is 0.169. The summed E-state index contributed by atoms with van der Waals surface area (Å²) in [4.78, 5) is 24.3. The van der Waals surface area contributed by atoms with Gasteiger partial charge < -0.3 is 0 Å². The van der Waals surface area contributed by atoms with Crippen molar-refractivity contribution in [1.29, 1.82) is 0 Å². The molecule has 122 valence electrons. The fourth-order valence-electron chi connectivity index (χ4n) is 2.00. The molecule has 0 unspecified atom stereocenters. The molecule has 0 aromatic carbocycles. The number of aryl methyl sites for hydroxylation is 2.